The van der Waals surface area contributed by atoms with Gasteiger partial charge < -0.3 is 29.0 Å². The molecule has 0 bridgehead atoms. The Balaban J connectivity index is 2.05. The Labute approximate surface area is 215 Å². The van der Waals surface area contributed by atoms with Crippen LogP contribution in [0.4, 0.5) is 13.6 Å². The molecular weight excluding hydrogens is 486 g/mol. The van der Waals surface area contributed by atoms with Gasteiger partial charge in [0.2, 0.25) is 0 Å². The van der Waals surface area contributed by atoms with Crippen LogP contribution in [0.1, 0.15) is 58.6 Å². The summed E-state index contributed by atoms with van der Waals surface area (Å²) in [4.78, 5) is 46.1. The molecule has 1 saturated heterocycles. The monoisotopic (exact) mass is 521 g/mol. The zero-order chi connectivity index (χ0) is 27.7. The van der Waals surface area contributed by atoms with Crippen LogP contribution in [-0.4, -0.2) is 75.0 Å². The summed E-state index contributed by atoms with van der Waals surface area (Å²) < 4.78 is 33.7. The van der Waals surface area contributed by atoms with Crippen LogP contribution in [0.2, 0.25) is 0 Å². The number of fused-ring (bicyclic) bond motifs is 1. The number of aromatic nitrogens is 2. The minimum absolute atomic E-state index is 0.0160. The molecule has 0 spiro atoms. The molecule has 204 valence electrons. The highest BCUT2D eigenvalue weighted by molar-refractivity contribution is 5.95. The molecule has 3 rings (SSSR count). The van der Waals surface area contributed by atoms with Gasteiger partial charge >= 0.3 is 6.09 Å². The minimum Gasteiger partial charge on any atom is -0.549 e. The molecule has 0 N–H and O–H groups in total. The van der Waals surface area contributed by atoms with E-state index < -0.39 is 48.0 Å². The van der Waals surface area contributed by atoms with Crippen molar-refractivity contribution in [3.8, 4) is 0 Å². The van der Waals surface area contributed by atoms with Crippen LogP contribution in [0.5, 0.6) is 0 Å². The van der Waals surface area contributed by atoms with Gasteiger partial charge in [0.05, 0.1) is 23.6 Å². The number of nitrogens with zero attached hydrogens (tertiary/aromatic N) is 4. The lowest BCUT2D eigenvalue weighted by atomic mass is 9.79. The number of amides is 2. The number of aliphatic carboxylic acids is 1. The smallest absolute Gasteiger partial charge is 0.410 e. The van der Waals surface area contributed by atoms with Gasteiger partial charge in [-0.2, -0.15) is 0 Å². The number of imidazole rings is 1. The SMILES string of the molecule is CC(C)CN(C(=O)c1nc2ccccc2n1CC(F)F)[C@@H]1CN(C(=O)OC(C)(C)C)C[C@](C)(C(=O)[O-])C1. The van der Waals surface area contributed by atoms with Crippen molar-refractivity contribution in [2.45, 2.75) is 72.6 Å². The van der Waals surface area contributed by atoms with E-state index in [1.165, 1.54) is 21.3 Å². The van der Waals surface area contributed by atoms with E-state index >= 15 is 0 Å². The number of benzene rings is 1. The van der Waals surface area contributed by atoms with Crippen molar-refractivity contribution in [3.05, 3.63) is 30.1 Å². The highest BCUT2D eigenvalue weighted by Gasteiger charge is 2.44. The first-order valence-corrected chi connectivity index (χ1v) is 12.3. The second-order valence-corrected chi connectivity index (χ2v) is 11.3. The van der Waals surface area contributed by atoms with Crippen molar-refractivity contribution in [2.75, 3.05) is 19.6 Å². The summed E-state index contributed by atoms with van der Waals surface area (Å²) in [5, 5.41) is 12.2. The zero-order valence-corrected chi connectivity index (χ0v) is 22.2. The van der Waals surface area contributed by atoms with Gasteiger partial charge in [0.15, 0.2) is 5.82 Å². The fraction of sp³-hybridized carbons (Fsp3) is 0.615. The Kier molecular flexibility index (Phi) is 8.14. The molecule has 0 aliphatic carbocycles. The molecule has 2 aromatic rings. The number of para-hydroxylation sites is 2. The second kappa shape index (κ2) is 10.6. The molecule has 1 aromatic heterocycles. The quantitative estimate of drug-likeness (QED) is 0.554. The average molecular weight is 522 g/mol. The van der Waals surface area contributed by atoms with Crippen molar-refractivity contribution >= 4 is 29.0 Å². The summed E-state index contributed by atoms with van der Waals surface area (Å²) >= 11 is 0. The number of alkyl halides is 2. The third-order valence-corrected chi connectivity index (χ3v) is 6.23. The van der Waals surface area contributed by atoms with Crippen LogP contribution >= 0.6 is 0 Å². The standard InChI is InChI=1S/C26H36F2N4O5/c1-16(2)12-31(22(33)21-29-18-9-7-8-10-19(18)32(21)14-20(27)28)17-11-26(6,23(34)35)15-30(13-17)24(36)37-25(3,4)5/h7-10,16-17,20H,11-15H2,1-6H3,(H,34,35)/p-1/t17-,26+/m0/s1. The third kappa shape index (κ3) is 6.56. The van der Waals surface area contributed by atoms with E-state index in [2.05, 4.69) is 4.98 Å². The Morgan fingerprint density at radius 1 is 1.24 bits per heavy atom. The number of likely N-dealkylation sites (tertiary alicyclic amines) is 1. The van der Waals surface area contributed by atoms with Crippen molar-refractivity contribution < 1.29 is 33.0 Å². The number of carboxylic acid groups (broad SMARTS) is 1. The van der Waals surface area contributed by atoms with E-state index in [-0.39, 0.29) is 37.8 Å². The number of carboxylic acids is 1. The Bertz CT molecular complexity index is 1160. The van der Waals surface area contributed by atoms with E-state index in [0.29, 0.717) is 11.0 Å². The Morgan fingerprint density at radius 2 is 1.89 bits per heavy atom. The number of hydrogen-bond acceptors (Lipinski definition) is 6. The molecule has 9 nitrogen and oxygen atoms in total. The van der Waals surface area contributed by atoms with E-state index in [0.717, 1.165) is 0 Å². The number of halogens is 2. The van der Waals surface area contributed by atoms with E-state index in [9.17, 15) is 28.3 Å². The number of piperidine rings is 1. The first kappa shape index (κ1) is 28.3. The highest BCUT2D eigenvalue weighted by atomic mass is 19.3. The molecule has 2 heterocycles. The van der Waals surface area contributed by atoms with E-state index in [4.69, 9.17) is 4.74 Å². The van der Waals surface area contributed by atoms with Crippen molar-refractivity contribution in [3.63, 3.8) is 0 Å². The van der Waals surface area contributed by atoms with Crippen LogP contribution in [0.25, 0.3) is 11.0 Å². The maximum atomic E-state index is 13.9. The zero-order valence-electron chi connectivity index (χ0n) is 22.2. The summed E-state index contributed by atoms with van der Waals surface area (Å²) in [6.07, 6.45) is -3.41. The molecule has 1 aromatic carbocycles. The van der Waals surface area contributed by atoms with Gasteiger partial charge in [-0.1, -0.05) is 32.9 Å². The minimum atomic E-state index is -2.72. The normalized spacial score (nSPS) is 20.5. The Hall–Kier alpha value is -3.24. The lowest BCUT2D eigenvalue weighted by Gasteiger charge is -2.48. The molecular formula is C26H35F2N4O5-. The van der Waals surface area contributed by atoms with E-state index in [1.807, 2.05) is 13.8 Å². The number of ether oxygens (including phenoxy) is 1. The predicted molar refractivity (Wildman–Crippen MR) is 131 cm³/mol. The fourth-order valence-electron chi connectivity index (χ4n) is 4.69. The van der Waals surface area contributed by atoms with Gasteiger partial charge in [0.1, 0.15) is 5.60 Å². The van der Waals surface area contributed by atoms with Crippen LogP contribution < -0.4 is 5.11 Å². The lowest BCUT2D eigenvalue weighted by molar-refractivity contribution is -0.320. The maximum absolute atomic E-state index is 13.9. The lowest BCUT2D eigenvalue weighted by Crippen LogP contribution is -2.62. The van der Waals surface area contributed by atoms with E-state index in [1.54, 1.807) is 45.0 Å². The van der Waals surface area contributed by atoms with Crippen molar-refractivity contribution in [1.29, 1.82) is 0 Å². The molecule has 11 heteroatoms. The molecule has 37 heavy (non-hydrogen) atoms. The van der Waals surface area contributed by atoms with Gasteiger partial charge in [-0.05, 0) is 45.2 Å². The van der Waals surface area contributed by atoms with Gasteiger partial charge in [0.25, 0.3) is 12.3 Å². The van der Waals surface area contributed by atoms with Crippen LogP contribution in [0.15, 0.2) is 24.3 Å². The molecule has 2 amide bonds. The summed E-state index contributed by atoms with van der Waals surface area (Å²) in [5.74, 6) is -2.16. The van der Waals surface area contributed by atoms with Gasteiger partial charge in [-0.3, -0.25) is 4.79 Å². The number of hydrogen-bond donors (Lipinski definition) is 0. The number of carbonyl (C=O) groups is 3. The molecule has 1 aliphatic rings. The fourth-order valence-corrected chi connectivity index (χ4v) is 4.69. The average Bonchev–Trinajstić information content (AvgIpc) is 3.13. The summed E-state index contributed by atoms with van der Waals surface area (Å²) in [6, 6.07) is 5.90. The van der Waals surface area contributed by atoms with Crippen LogP contribution in [0.3, 0.4) is 0 Å². The highest BCUT2D eigenvalue weighted by Crippen LogP contribution is 2.34. The second-order valence-electron chi connectivity index (χ2n) is 11.3. The topological polar surface area (TPSA) is 108 Å². The van der Waals surface area contributed by atoms with Crippen molar-refractivity contribution in [2.24, 2.45) is 11.3 Å². The number of rotatable bonds is 7. The van der Waals surface area contributed by atoms with Gasteiger partial charge in [-0.25, -0.2) is 18.6 Å². The van der Waals surface area contributed by atoms with Crippen molar-refractivity contribution in [1.82, 2.24) is 19.4 Å². The summed E-state index contributed by atoms with van der Waals surface area (Å²) in [7, 11) is 0. The van der Waals surface area contributed by atoms with Gasteiger partial charge in [0, 0.05) is 31.0 Å². The first-order valence-electron chi connectivity index (χ1n) is 12.3. The van der Waals surface area contributed by atoms with Gasteiger partial charge in [-0.15, -0.1) is 0 Å². The maximum Gasteiger partial charge on any atom is 0.410 e. The molecule has 2 atom stereocenters. The third-order valence-electron chi connectivity index (χ3n) is 6.23. The molecule has 0 saturated carbocycles. The van der Waals surface area contributed by atoms with Crippen LogP contribution in [0, 0.1) is 11.3 Å². The summed E-state index contributed by atoms with van der Waals surface area (Å²) in [6.45, 7) is 9.69. The summed E-state index contributed by atoms with van der Waals surface area (Å²) in [5.41, 5.74) is -1.47. The molecule has 0 radical (unpaired) electrons. The largest absolute Gasteiger partial charge is 0.549 e. The molecule has 1 fully saturated rings. The molecule has 0 unspecified atom stereocenters. The number of carbonyl (C=O) groups excluding carboxylic acids is 3. The Morgan fingerprint density at radius 3 is 2.46 bits per heavy atom. The predicted octanol–water partition coefficient (Wildman–Crippen LogP) is 3.17. The van der Waals surface area contributed by atoms with Crippen LogP contribution in [-0.2, 0) is 16.1 Å². The first-order chi connectivity index (χ1) is 17.1. The molecule has 1 aliphatic heterocycles.